The molecular formula is C15H26N2O4. The van der Waals surface area contributed by atoms with Crippen LogP contribution in [-0.4, -0.2) is 36.9 Å². The first-order valence-electron chi connectivity index (χ1n) is 7.12. The van der Waals surface area contributed by atoms with E-state index in [1.165, 1.54) is 12.2 Å². The Kier molecular flexibility index (Phi) is 9.12. The van der Waals surface area contributed by atoms with Crippen molar-refractivity contribution < 1.29 is 19.1 Å². The summed E-state index contributed by atoms with van der Waals surface area (Å²) in [6, 6.07) is -0.281. The fourth-order valence-electron chi connectivity index (χ4n) is 1.43. The molecule has 0 rings (SSSR count). The molecule has 6 nitrogen and oxygen atoms in total. The first-order valence-corrected chi connectivity index (χ1v) is 7.12. The van der Waals surface area contributed by atoms with Gasteiger partial charge in [-0.25, -0.2) is 9.59 Å². The number of alkyl carbamates (subject to hydrolysis) is 1. The fourth-order valence-corrected chi connectivity index (χ4v) is 1.43. The molecule has 3 N–H and O–H groups in total. The molecule has 0 heterocycles. The minimum absolute atomic E-state index is 0.195. The van der Waals surface area contributed by atoms with E-state index in [1.807, 2.05) is 6.92 Å². The lowest BCUT2D eigenvalue weighted by Gasteiger charge is -2.26. The van der Waals surface area contributed by atoms with E-state index in [9.17, 15) is 9.59 Å². The molecule has 0 fully saturated rings. The summed E-state index contributed by atoms with van der Waals surface area (Å²) in [5, 5.41) is 2.47. The second-order valence-electron chi connectivity index (χ2n) is 4.63. The van der Waals surface area contributed by atoms with Crippen LogP contribution in [0.25, 0.3) is 0 Å². The molecule has 1 amide bonds. The van der Waals surface area contributed by atoms with Gasteiger partial charge in [-0.15, -0.1) is 0 Å². The molecule has 120 valence electrons. The molecule has 0 aromatic rings. The number of ether oxygens (including phenoxy) is 2. The smallest absolute Gasteiger partial charge is 0.408 e. The number of rotatable bonds is 9. The normalized spacial score (nSPS) is 15.0. The van der Waals surface area contributed by atoms with Crippen LogP contribution in [0.3, 0.4) is 0 Å². The first-order chi connectivity index (χ1) is 9.91. The van der Waals surface area contributed by atoms with E-state index in [1.54, 1.807) is 19.9 Å². The Morgan fingerprint density at radius 1 is 1.38 bits per heavy atom. The minimum atomic E-state index is -1.48. The van der Waals surface area contributed by atoms with Gasteiger partial charge in [0.05, 0.1) is 13.2 Å². The number of esters is 1. The second kappa shape index (κ2) is 9.99. The van der Waals surface area contributed by atoms with Gasteiger partial charge in [0.15, 0.2) is 5.54 Å². The molecule has 2 atom stereocenters. The molecule has 0 saturated heterocycles. The molecule has 21 heavy (non-hydrogen) atoms. The number of nitrogens with one attached hydrogen (secondary N) is 1. The summed E-state index contributed by atoms with van der Waals surface area (Å²) in [5.74, 6) is -0.615. The van der Waals surface area contributed by atoms with Crippen LogP contribution in [0.2, 0.25) is 0 Å². The van der Waals surface area contributed by atoms with Crippen LogP contribution in [0, 0.1) is 0 Å². The van der Waals surface area contributed by atoms with Crippen molar-refractivity contribution in [2.24, 2.45) is 5.73 Å². The third-order valence-electron chi connectivity index (χ3n) is 2.64. The number of amides is 1. The third-order valence-corrected chi connectivity index (χ3v) is 2.64. The minimum Gasteiger partial charge on any atom is -0.463 e. The van der Waals surface area contributed by atoms with Crippen molar-refractivity contribution in [2.45, 2.75) is 45.2 Å². The van der Waals surface area contributed by atoms with Crippen LogP contribution in [-0.2, 0) is 14.3 Å². The summed E-state index contributed by atoms with van der Waals surface area (Å²) >= 11 is 0. The highest BCUT2D eigenvalue weighted by atomic mass is 16.6. The summed E-state index contributed by atoms with van der Waals surface area (Å²) in [7, 11) is 0. The van der Waals surface area contributed by atoms with Gasteiger partial charge in [-0.05, 0) is 26.3 Å². The van der Waals surface area contributed by atoms with Gasteiger partial charge in [0.25, 0.3) is 0 Å². The first kappa shape index (κ1) is 19.2. The van der Waals surface area contributed by atoms with Crippen LogP contribution in [0.15, 0.2) is 24.8 Å². The van der Waals surface area contributed by atoms with Gasteiger partial charge < -0.3 is 15.2 Å². The molecule has 0 aliphatic carbocycles. The Morgan fingerprint density at radius 2 is 2.05 bits per heavy atom. The lowest BCUT2D eigenvalue weighted by Crippen LogP contribution is -2.53. The topological polar surface area (TPSA) is 90.6 Å². The monoisotopic (exact) mass is 298 g/mol. The Bertz CT molecular complexity index is 380. The SMILES string of the molecule is C=CC(/C=C/C(C)N)(NC(=O)OCC)C(=O)OCCCC. The summed E-state index contributed by atoms with van der Waals surface area (Å²) in [4.78, 5) is 23.9. The van der Waals surface area contributed by atoms with Gasteiger partial charge in [0, 0.05) is 6.04 Å². The molecule has 0 bridgehead atoms. The zero-order valence-corrected chi connectivity index (χ0v) is 13.1. The number of carbonyl (C=O) groups excluding carboxylic acids is 2. The molecule has 2 unspecified atom stereocenters. The van der Waals surface area contributed by atoms with Crippen LogP contribution in [0.5, 0.6) is 0 Å². The predicted molar refractivity (Wildman–Crippen MR) is 81.7 cm³/mol. The average Bonchev–Trinajstić information content (AvgIpc) is 2.43. The van der Waals surface area contributed by atoms with Gasteiger partial charge in [0.2, 0.25) is 0 Å². The van der Waals surface area contributed by atoms with E-state index < -0.39 is 17.6 Å². The molecule has 6 heteroatoms. The van der Waals surface area contributed by atoms with E-state index >= 15 is 0 Å². The molecule has 0 aromatic heterocycles. The Morgan fingerprint density at radius 3 is 2.52 bits per heavy atom. The molecule has 0 aliphatic heterocycles. The maximum Gasteiger partial charge on any atom is 0.408 e. The van der Waals surface area contributed by atoms with Crippen molar-refractivity contribution in [3.05, 3.63) is 24.8 Å². The van der Waals surface area contributed by atoms with E-state index in [-0.39, 0.29) is 19.3 Å². The van der Waals surface area contributed by atoms with Gasteiger partial charge in [-0.3, -0.25) is 5.32 Å². The van der Waals surface area contributed by atoms with Crippen molar-refractivity contribution in [3.8, 4) is 0 Å². The van der Waals surface area contributed by atoms with Gasteiger partial charge in [-0.2, -0.15) is 0 Å². The number of nitrogens with two attached hydrogens (primary N) is 1. The van der Waals surface area contributed by atoms with Gasteiger partial charge in [0.1, 0.15) is 0 Å². The maximum atomic E-state index is 12.3. The van der Waals surface area contributed by atoms with Crippen molar-refractivity contribution in [1.29, 1.82) is 0 Å². The number of unbranched alkanes of at least 4 members (excludes halogenated alkanes) is 1. The fraction of sp³-hybridized carbons (Fsp3) is 0.600. The number of hydrogen-bond donors (Lipinski definition) is 2. The van der Waals surface area contributed by atoms with Crippen molar-refractivity contribution >= 4 is 12.1 Å². The summed E-state index contributed by atoms with van der Waals surface area (Å²) in [6.07, 6.45) is 5.28. The molecular weight excluding hydrogens is 272 g/mol. The largest absolute Gasteiger partial charge is 0.463 e. The number of hydrogen-bond acceptors (Lipinski definition) is 5. The van der Waals surface area contributed by atoms with E-state index in [4.69, 9.17) is 15.2 Å². The molecule has 0 spiro atoms. The van der Waals surface area contributed by atoms with Gasteiger partial charge >= 0.3 is 12.1 Å². The summed E-state index contributed by atoms with van der Waals surface area (Å²) in [6.45, 7) is 9.49. The lowest BCUT2D eigenvalue weighted by molar-refractivity contribution is -0.147. The van der Waals surface area contributed by atoms with Crippen LogP contribution < -0.4 is 11.1 Å². The van der Waals surface area contributed by atoms with Gasteiger partial charge in [-0.1, -0.05) is 32.1 Å². The van der Waals surface area contributed by atoms with E-state index in [2.05, 4.69) is 11.9 Å². The molecule has 0 saturated carbocycles. The number of carbonyl (C=O) groups is 2. The molecule has 0 aromatic carbocycles. The standard InChI is InChI=1S/C15H26N2O4/c1-5-8-11-21-13(18)15(6-2,10-9-12(4)16)17-14(19)20-7-3/h6,9-10,12H,2,5,7-8,11,16H2,1,3-4H3,(H,17,19)/b10-9+. The summed E-state index contributed by atoms with van der Waals surface area (Å²) in [5.41, 5.74) is 4.17. The third kappa shape index (κ3) is 6.94. The van der Waals surface area contributed by atoms with Crippen molar-refractivity contribution in [3.63, 3.8) is 0 Å². The van der Waals surface area contributed by atoms with Crippen molar-refractivity contribution in [1.82, 2.24) is 5.32 Å². The van der Waals surface area contributed by atoms with Crippen LogP contribution in [0.4, 0.5) is 4.79 Å². The Balaban J connectivity index is 5.14. The zero-order valence-electron chi connectivity index (χ0n) is 13.1. The van der Waals surface area contributed by atoms with Crippen molar-refractivity contribution in [2.75, 3.05) is 13.2 Å². The Hall–Kier alpha value is -1.82. The second-order valence-corrected chi connectivity index (χ2v) is 4.63. The Labute approximate surface area is 126 Å². The highest BCUT2D eigenvalue weighted by Crippen LogP contribution is 2.13. The average molecular weight is 298 g/mol. The predicted octanol–water partition coefficient (Wildman–Crippen LogP) is 1.90. The molecule has 0 aliphatic rings. The maximum absolute atomic E-state index is 12.3. The highest BCUT2D eigenvalue weighted by Gasteiger charge is 2.36. The van der Waals surface area contributed by atoms with Crippen LogP contribution in [0.1, 0.15) is 33.6 Å². The quantitative estimate of drug-likeness (QED) is 0.385. The molecule has 0 radical (unpaired) electrons. The van der Waals surface area contributed by atoms with Crippen LogP contribution >= 0.6 is 0 Å². The van der Waals surface area contributed by atoms with E-state index in [0.717, 1.165) is 12.8 Å². The lowest BCUT2D eigenvalue weighted by atomic mass is 9.98. The highest BCUT2D eigenvalue weighted by molar-refractivity contribution is 5.90. The zero-order chi connectivity index (χ0) is 16.3. The van der Waals surface area contributed by atoms with E-state index in [0.29, 0.717) is 0 Å². The summed E-state index contributed by atoms with van der Waals surface area (Å²) < 4.78 is 9.99.